The van der Waals surface area contributed by atoms with Crippen molar-refractivity contribution < 1.29 is 9.59 Å². The first kappa shape index (κ1) is 35.3. The van der Waals surface area contributed by atoms with Crippen molar-refractivity contribution in [2.45, 2.75) is 70.9 Å². The Labute approximate surface area is 299 Å². The molecule has 1 aromatic carbocycles. The van der Waals surface area contributed by atoms with Crippen LogP contribution in [0.25, 0.3) is 11.1 Å². The summed E-state index contributed by atoms with van der Waals surface area (Å²) in [4.78, 5) is 43.8. The largest absolute Gasteiger partial charge is 0.355 e. The highest BCUT2D eigenvalue weighted by Gasteiger charge is 2.42. The van der Waals surface area contributed by atoms with Crippen LogP contribution < -0.4 is 25.8 Å². The molecule has 0 saturated carbocycles. The van der Waals surface area contributed by atoms with Crippen molar-refractivity contribution in [3.63, 3.8) is 0 Å². The summed E-state index contributed by atoms with van der Waals surface area (Å²) in [5, 5.41) is 23.6. The molecule has 1 unspecified atom stereocenters. The third-order valence-corrected chi connectivity index (χ3v) is 9.82. The van der Waals surface area contributed by atoms with Gasteiger partial charge in [0.1, 0.15) is 17.5 Å². The van der Waals surface area contributed by atoms with Gasteiger partial charge in [-0.15, -0.1) is 0 Å². The highest BCUT2D eigenvalue weighted by Crippen LogP contribution is 2.38. The van der Waals surface area contributed by atoms with Crippen LogP contribution in [0.5, 0.6) is 0 Å². The van der Waals surface area contributed by atoms with E-state index >= 15 is 0 Å². The molecule has 0 aliphatic carbocycles. The van der Waals surface area contributed by atoms with Crippen LogP contribution in [0.15, 0.2) is 67.3 Å². The zero-order valence-corrected chi connectivity index (χ0v) is 29.5. The first-order valence-corrected chi connectivity index (χ1v) is 17.9. The van der Waals surface area contributed by atoms with Crippen molar-refractivity contribution in [3.05, 3.63) is 78.4 Å². The molecule has 0 bridgehead atoms. The minimum atomic E-state index is -0.173. The smallest absolute Gasteiger partial charge is 0.323 e. The van der Waals surface area contributed by atoms with Gasteiger partial charge in [-0.3, -0.25) is 14.4 Å². The van der Waals surface area contributed by atoms with E-state index in [9.17, 15) is 14.9 Å². The second-order valence-corrected chi connectivity index (χ2v) is 13.7. The maximum Gasteiger partial charge on any atom is 0.323 e. The Morgan fingerprint density at radius 3 is 2.67 bits per heavy atom. The average molecular weight is 690 g/mol. The second kappa shape index (κ2) is 16.5. The van der Waals surface area contributed by atoms with E-state index < -0.39 is 0 Å². The number of nitrogens with one attached hydrogen (secondary N) is 3. The first-order valence-electron chi connectivity index (χ1n) is 17.9. The highest BCUT2D eigenvalue weighted by atomic mass is 16.2. The summed E-state index contributed by atoms with van der Waals surface area (Å²) in [5.74, 6) is 1.81. The zero-order valence-electron chi connectivity index (χ0n) is 29.5. The molecule has 1 spiro atoms. The number of rotatable bonds is 14. The maximum absolute atomic E-state index is 13.9. The summed E-state index contributed by atoms with van der Waals surface area (Å²) in [6.07, 6.45) is 13.8. The summed E-state index contributed by atoms with van der Waals surface area (Å²) in [6.45, 7) is 5.34. The van der Waals surface area contributed by atoms with Gasteiger partial charge in [-0.25, -0.2) is 14.8 Å². The lowest BCUT2D eigenvalue weighted by Gasteiger charge is -2.40. The predicted octanol–water partition coefficient (Wildman–Crippen LogP) is 5.42. The van der Waals surface area contributed by atoms with Crippen LogP contribution >= 0.6 is 0 Å². The fraction of sp³-hybridized carbons (Fsp3) is 0.447. The van der Waals surface area contributed by atoms with Gasteiger partial charge in [0.2, 0.25) is 11.9 Å². The minimum absolute atomic E-state index is 0.0522. The molecule has 266 valence electrons. The lowest BCUT2D eigenvalue weighted by atomic mass is 9.79. The Morgan fingerprint density at radius 1 is 1.10 bits per heavy atom. The zero-order chi connectivity index (χ0) is 35.6. The Balaban J connectivity index is 1.10. The molecule has 51 heavy (non-hydrogen) atoms. The van der Waals surface area contributed by atoms with E-state index in [2.05, 4.69) is 43.9 Å². The van der Waals surface area contributed by atoms with E-state index in [1.54, 1.807) is 23.3 Å². The minimum Gasteiger partial charge on any atom is -0.355 e. The van der Waals surface area contributed by atoms with E-state index in [0.717, 1.165) is 68.2 Å². The van der Waals surface area contributed by atoms with Gasteiger partial charge in [0.15, 0.2) is 5.82 Å². The summed E-state index contributed by atoms with van der Waals surface area (Å²) in [5.41, 5.74) is 3.26. The van der Waals surface area contributed by atoms with Crippen LogP contribution in [0.3, 0.4) is 0 Å². The Morgan fingerprint density at radius 2 is 1.96 bits per heavy atom. The van der Waals surface area contributed by atoms with E-state index in [1.165, 1.54) is 0 Å². The molecule has 2 aliphatic heterocycles. The van der Waals surface area contributed by atoms with Gasteiger partial charge in [-0.1, -0.05) is 43.7 Å². The number of aromatic nitrogens is 5. The molecular weight excluding hydrogens is 642 g/mol. The SMILES string of the molecule is CCC[C@@H](CCCCNc1ncc(C#N)c(N2CCCC3(CNC(=O)C3)C2)n1)N(C(=O)NCc1ccccc1)c1ccc(-c2cnn(C)c2)cn1. The van der Waals surface area contributed by atoms with Crippen LogP contribution in [0, 0.1) is 16.7 Å². The molecule has 3 aromatic heterocycles. The molecule has 2 aliphatic rings. The van der Waals surface area contributed by atoms with Crippen molar-refractivity contribution >= 4 is 29.5 Å². The number of aryl methyl sites for hydroxylation is 1. The summed E-state index contributed by atoms with van der Waals surface area (Å²) >= 11 is 0. The van der Waals surface area contributed by atoms with Crippen molar-refractivity contribution in [1.29, 1.82) is 5.26 Å². The number of amides is 3. The third-order valence-electron chi connectivity index (χ3n) is 9.82. The van der Waals surface area contributed by atoms with Crippen LogP contribution in [0.1, 0.15) is 69.4 Å². The number of unbranched alkanes of at least 4 members (excludes halogenated alkanes) is 1. The lowest BCUT2D eigenvalue weighted by molar-refractivity contribution is -0.119. The van der Waals surface area contributed by atoms with Crippen LogP contribution in [-0.2, 0) is 18.4 Å². The van der Waals surface area contributed by atoms with Crippen molar-refractivity contribution in [2.24, 2.45) is 12.5 Å². The molecule has 2 saturated heterocycles. The molecule has 5 heterocycles. The molecule has 0 radical (unpaired) electrons. The summed E-state index contributed by atoms with van der Waals surface area (Å²) < 4.78 is 1.76. The third kappa shape index (κ3) is 8.81. The number of piperidine rings is 1. The van der Waals surface area contributed by atoms with E-state index in [0.29, 0.717) is 55.7 Å². The van der Waals surface area contributed by atoms with Crippen LogP contribution in [0.4, 0.5) is 22.4 Å². The number of carbonyl (C=O) groups is 2. The molecule has 13 heteroatoms. The maximum atomic E-state index is 13.9. The van der Waals surface area contributed by atoms with Crippen molar-refractivity contribution in [3.8, 4) is 17.2 Å². The normalized spacial score (nSPS) is 17.5. The van der Waals surface area contributed by atoms with E-state index in [1.807, 2.05) is 60.6 Å². The number of benzene rings is 1. The fourth-order valence-corrected chi connectivity index (χ4v) is 7.23. The monoisotopic (exact) mass is 689 g/mol. The molecule has 4 aromatic rings. The quantitative estimate of drug-likeness (QED) is 0.147. The van der Waals surface area contributed by atoms with E-state index in [-0.39, 0.29) is 23.4 Å². The van der Waals surface area contributed by atoms with Gasteiger partial charge in [0, 0.05) is 81.2 Å². The number of nitriles is 1. The molecular formula is C38H47N11O2. The van der Waals surface area contributed by atoms with Crippen LogP contribution in [0.2, 0.25) is 0 Å². The molecule has 2 fully saturated rings. The first-order chi connectivity index (χ1) is 24.9. The molecule has 13 nitrogen and oxygen atoms in total. The lowest BCUT2D eigenvalue weighted by Crippen LogP contribution is -2.46. The van der Waals surface area contributed by atoms with Crippen molar-refractivity contribution in [1.82, 2.24) is 35.4 Å². The second-order valence-electron chi connectivity index (χ2n) is 13.7. The fourth-order valence-electron chi connectivity index (χ4n) is 7.23. The van der Waals surface area contributed by atoms with Gasteiger partial charge < -0.3 is 20.9 Å². The number of carbonyl (C=O) groups excluding carboxylic acids is 2. The van der Waals surface area contributed by atoms with Crippen LogP contribution in [-0.4, -0.2) is 68.9 Å². The predicted molar refractivity (Wildman–Crippen MR) is 197 cm³/mol. The number of pyridine rings is 1. The Kier molecular flexibility index (Phi) is 11.4. The Bertz CT molecular complexity index is 1820. The Hall–Kier alpha value is -5.51. The standard InChI is InChI=1S/C38H47N11O2/c1-3-10-32(49(37(51)43-21-28-11-5-4-6-12-28)33-15-14-29(22-41-33)31-24-45-47(2)25-31)13-7-8-17-40-36-42-23-30(20-39)35(46-36)48-18-9-16-38(27-48)19-34(50)44-26-38/h4-6,11-12,14-15,22-25,32H,3,7-10,13,16-19,21,26-27H2,1-2H3,(H,43,51)(H,44,50)(H,40,42,46)/t32-,38?/m0/s1. The number of urea groups is 1. The molecule has 6 rings (SSSR count). The molecule has 2 atom stereocenters. The van der Waals surface area contributed by atoms with Gasteiger partial charge >= 0.3 is 6.03 Å². The van der Waals surface area contributed by atoms with Gasteiger partial charge in [0.05, 0.1) is 12.4 Å². The summed E-state index contributed by atoms with van der Waals surface area (Å²) in [7, 11) is 1.88. The van der Waals surface area contributed by atoms with Gasteiger partial charge in [0.25, 0.3) is 0 Å². The highest BCUT2D eigenvalue weighted by molar-refractivity contribution is 5.91. The number of hydrogen-bond acceptors (Lipinski definition) is 9. The van der Waals surface area contributed by atoms with Crippen molar-refractivity contribution in [2.75, 3.05) is 41.3 Å². The van der Waals surface area contributed by atoms with Gasteiger partial charge in [-0.05, 0) is 56.2 Å². The van der Waals surface area contributed by atoms with E-state index in [4.69, 9.17) is 9.97 Å². The molecule has 3 amide bonds. The average Bonchev–Trinajstić information content (AvgIpc) is 3.75. The number of hydrogen-bond donors (Lipinski definition) is 3. The van der Waals surface area contributed by atoms with Gasteiger partial charge in [-0.2, -0.15) is 15.3 Å². The number of nitrogens with zero attached hydrogens (tertiary/aromatic N) is 8. The summed E-state index contributed by atoms with van der Waals surface area (Å²) in [6, 6.07) is 15.8. The number of anilines is 3. The molecule has 3 N–H and O–H groups in total. The topological polar surface area (TPSA) is 157 Å².